The van der Waals surface area contributed by atoms with Gasteiger partial charge >= 0.3 is 12.0 Å². The number of rotatable bonds is 4. The third kappa shape index (κ3) is 3.47. The van der Waals surface area contributed by atoms with E-state index in [-0.39, 0.29) is 25.5 Å². The van der Waals surface area contributed by atoms with Crippen molar-refractivity contribution < 1.29 is 19.5 Å². The van der Waals surface area contributed by atoms with Crippen molar-refractivity contribution in [3.05, 3.63) is 30.3 Å². The van der Waals surface area contributed by atoms with Crippen LogP contribution in [0, 0.1) is 5.92 Å². The second kappa shape index (κ2) is 6.05. The summed E-state index contributed by atoms with van der Waals surface area (Å²) in [6.07, 6.45) is 0. The molecule has 2 rings (SSSR count). The standard InChI is InChI=1S/C13H15N3O4/c17-11(16-7-9(8-16)12(18)19)6-14-13(20)15-10-4-2-1-3-5-10/h1-5,9H,6-8H2,(H,18,19)(H2,14,15,20). The molecule has 0 unspecified atom stereocenters. The Morgan fingerprint density at radius 2 is 1.85 bits per heavy atom. The minimum Gasteiger partial charge on any atom is -0.481 e. The number of aliphatic carboxylic acids is 1. The zero-order chi connectivity index (χ0) is 14.5. The number of anilines is 1. The lowest BCUT2D eigenvalue weighted by molar-refractivity contribution is -0.152. The summed E-state index contributed by atoms with van der Waals surface area (Å²) in [4.78, 5) is 35.2. The van der Waals surface area contributed by atoms with E-state index in [9.17, 15) is 14.4 Å². The number of benzene rings is 1. The molecule has 0 spiro atoms. The average molecular weight is 277 g/mol. The Morgan fingerprint density at radius 3 is 2.45 bits per heavy atom. The van der Waals surface area contributed by atoms with E-state index >= 15 is 0 Å². The molecule has 1 fully saturated rings. The normalized spacial score (nSPS) is 14.3. The molecule has 1 aliphatic rings. The number of nitrogens with zero attached hydrogens (tertiary/aromatic N) is 1. The first-order valence-electron chi connectivity index (χ1n) is 6.17. The van der Waals surface area contributed by atoms with Gasteiger partial charge in [0.2, 0.25) is 5.91 Å². The molecule has 0 aliphatic carbocycles. The quantitative estimate of drug-likeness (QED) is 0.739. The monoisotopic (exact) mass is 277 g/mol. The van der Waals surface area contributed by atoms with E-state index in [0.717, 1.165) is 0 Å². The maximum absolute atomic E-state index is 11.6. The van der Waals surface area contributed by atoms with E-state index < -0.39 is 17.9 Å². The van der Waals surface area contributed by atoms with Crippen molar-refractivity contribution in [2.24, 2.45) is 5.92 Å². The molecule has 1 saturated heterocycles. The van der Waals surface area contributed by atoms with Crippen molar-refractivity contribution in [3.63, 3.8) is 0 Å². The number of carboxylic acids is 1. The molecular weight excluding hydrogens is 262 g/mol. The van der Waals surface area contributed by atoms with Crippen LogP contribution in [0.25, 0.3) is 0 Å². The molecule has 7 nitrogen and oxygen atoms in total. The van der Waals surface area contributed by atoms with Gasteiger partial charge in [0.05, 0.1) is 12.5 Å². The second-order valence-electron chi connectivity index (χ2n) is 4.51. The highest BCUT2D eigenvalue weighted by Crippen LogP contribution is 2.15. The Morgan fingerprint density at radius 1 is 1.20 bits per heavy atom. The van der Waals surface area contributed by atoms with Gasteiger partial charge in [-0.3, -0.25) is 9.59 Å². The van der Waals surface area contributed by atoms with E-state index in [1.165, 1.54) is 4.90 Å². The Labute approximate surface area is 115 Å². The lowest BCUT2D eigenvalue weighted by Crippen LogP contribution is -2.55. The molecule has 1 heterocycles. The molecule has 1 aromatic carbocycles. The van der Waals surface area contributed by atoms with Crippen LogP contribution in [-0.2, 0) is 9.59 Å². The zero-order valence-corrected chi connectivity index (χ0v) is 10.7. The van der Waals surface area contributed by atoms with Gasteiger partial charge in [-0.2, -0.15) is 0 Å². The fourth-order valence-corrected chi connectivity index (χ4v) is 1.80. The average Bonchev–Trinajstić information content (AvgIpc) is 2.35. The summed E-state index contributed by atoms with van der Waals surface area (Å²) >= 11 is 0. The van der Waals surface area contributed by atoms with Crippen LogP contribution in [0.2, 0.25) is 0 Å². The van der Waals surface area contributed by atoms with Gasteiger partial charge in [-0.25, -0.2) is 4.79 Å². The van der Waals surface area contributed by atoms with Gasteiger partial charge in [-0.05, 0) is 12.1 Å². The van der Waals surface area contributed by atoms with Crippen LogP contribution in [0.3, 0.4) is 0 Å². The summed E-state index contributed by atoms with van der Waals surface area (Å²) < 4.78 is 0. The van der Waals surface area contributed by atoms with Crippen molar-refractivity contribution in [1.29, 1.82) is 0 Å². The lowest BCUT2D eigenvalue weighted by Gasteiger charge is -2.36. The molecule has 3 N–H and O–H groups in total. The van der Waals surface area contributed by atoms with E-state index in [1.54, 1.807) is 24.3 Å². The number of hydrogen-bond donors (Lipinski definition) is 3. The maximum atomic E-state index is 11.6. The fraction of sp³-hybridized carbons (Fsp3) is 0.308. The first kappa shape index (κ1) is 13.9. The van der Waals surface area contributed by atoms with Crippen LogP contribution < -0.4 is 10.6 Å². The molecule has 0 radical (unpaired) electrons. The van der Waals surface area contributed by atoms with Gasteiger partial charge in [-0.1, -0.05) is 18.2 Å². The van der Waals surface area contributed by atoms with Crippen LogP contribution in [0.4, 0.5) is 10.5 Å². The second-order valence-corrected chi connectivity index (χ2v) is 4.51. The molecule has 1 aliphatic heterocycles. The predicted octanol–water partition coefficient (Wildman–Crippen LogP) is 0.351. The largest absolute Gasteiger partial charge is 0.481 e. The number of carbonyl (C=O) groups excluding carboxylic acids is 2. The third-order valence-corrected chi connectivity index (χ3v) is 3.02. The number of urea groups is 1. The number of nitrogens with one attached hydrogen (secondary N) is 2. The van der Waals surface area contributed by atoms with E-state index in [2.05, 4.69) is 10.6 Å². The SMILES string of the molecule is O=C(NCC(=O)N1CC(C(=O)O)C1)Nc1ccccc1. The van der Waals surface area contributed by atoms with Gasteiger partial charge in [0, 0.05) is 18.8 Å². The van der Waals surface area contributed by atoms with Crippen molar-refractivity contribution in [2.45, 2.75) is 0 Å². The third-order valence-electron chi connectivity index (χ3n) is 3.02. The highest BCUT2D eigenvalue weighted by molar-refractivity contribution is 5.92. The zero-order valence-electron chi connectivity index (χ0n) is 10.7. The molecule has 1 aromatic rings. The molecule has 20 heavy (non-hydrogen) atoms. The number of carbonyl (C=O) groups is 3. The fourth-order valence-electron chi connectivity index (χ4n) is 1.80. The molecule has 3 amide bonds. The Bertz CT molecular complexity index is 512. The smallest absolute Gasteiger partial charge is 0.319 e. The van der Waals surface area contributed by atoms with Gasteiger partial charge in [0.25, 0.3) is 0 Å². The van der Waals surface area contributed by atoms with Crippen LogP contribution >= 0.6 is 0 Å². The van der Waals surface area contributed by atoms with Crippen molar-refractivity contribution in [1.82, 2.24) is 10.2 Å². The summed E-state index contributed by atoms with van der Waals surface area (Å²) in [5, 5.41) is 13.7. The number of amides is 3. The predicted molar refractivity (Wildman–Crippen MR) is 71.2 cm³/mol. The van der Waals surface area contributed by atoms with Gasteiger partial charge in [0.1, 0.15) is 0 Å². The number of carboxylic acid groups (broad SMARTS) is 1. The van der Waals surface area contributed by atoms with Crippen molar-refractivity contribution in [3.8, 4) is 0 Å². The molecule has 0 atom stereocenters. The molecule has 0 aromatic heterocycles. The molecule has 7 heteroatoms. The summed E-state index contributed by atoms with van der Waals surface area (Å²) in [6, 6.07) is 8.39. The molecular formula is C13H15N3O4. The van der Waals surface area contributed by atoms with Crippen LogP contribution in [0.5, 0.6) is 0 Å². The van der Waals surface area contributed by atoms with Gasteiger partial charge in [-0.15, -0.1) is 0 Å². The topological polar surface area (TPSA) is 98.7 Å². The lowest BCUT2D eigenvalue weighted by atomic mass is 10.0. The Balaban J connectivity index is 1.69. The number of para-hydroxylation sites is 1. The van der Waals surface area contributed by atoms with Gasteiger partial charge < -0.3 is 20.6 Å². The number of likely N-dealkylation sites (tertiary alicyclic amines) is 1. The minimum absolute atomic E-state index is 0.148. The summed E-state index contributed by atoms with van der Waals surface area (Å²) in [6.45, 7) is 0.261. The van der Waals surface area contributed by atoms with Crippen LogP contribution in [0.1, 0.15) is 0 Å². The Kier molecular flexibility index (Phi) is 4.19. The first-order valence-corrected chi connectivity index (χ1v) is 6.17. The highest BCUT2D eigenvalue weighted by atomic mass is 16.4. The number of hydrogen-bond acceptors (Lipinski definition) is 3. The molecule has 106 valence electrons. The van der Waals surface area contributed by atoms with Crippen molar-refractivity contribution in [2.75, 3.05) is 25.0 Å². The van der Waals surface area contributed by atoms with Crippen molar-refractivity contribution >= 4 is 23.6 Å². The minimum atomic E-state index is -0.899. The van der Waals surface area contributed by atoms with Crippen LogP contribution in [-0.4, -0.2) is 47.5 Å². The van der Waals surface area contributed by atoms with Gasteiger partial charge in [0.15, 0.2) is 0 Å². The molecule has 0 bridgehead atoms. The maximum Gasteiger partial charge on any atom is 0.319 e. The van der Waals surface area contributed by atoms with Crippen LogP contribution in [0.15, 0.2) is 30.3 Å². The van der Waals surface area contributed by atoms with E-state index in [1.807, 2.05) is 6.07 Å². The Hall–Kier alpha value is -2.57. The van der Waals surface area contributed by atoms with E-state index in [4.69, 9.17) is 5.11 Å². The van der Waals surface area contributed by atoms with E-state index in [0.29, 0.717) is 5.69 Å². The molecule has 0 saturated carbocycles. The highest BCUT2D eigenvalue weighted by Gasteiger charge is 2.35. The first-order chi connectivity index (χ1) is 9.56. The summed E-state index contributed by atoms with van der Waals surface area (Å²) in [5.74, 6) is -1.67. The summed E-state index contributed by atoms with van der Waals surface area (Å²) in [5.41, 5.74) is 0.632. The summed E-state index contributed by atoms with van der Waals surface area (Å²) in [7, 11) is 0.